The van der Waals surface area contributed by atoms with Gasteiger partial charge in [0.05, 0.1) is 20.3 Å². The van der Waals surface area contributed by atoms with Crippen LogP contribution in [0, 0.1) is 0 Å². The highest BCUT2D eigenvalue weighted by Crippen LogP contribution is 2.28. The summed E-state index contributed by atoms with van der Waals surface area (Å²) >= 11 is 0. The highest BCUT2D eigenvalue weighted by Gasteiger charge is 2.43. The van der Waals surface area contributed by atoms with E-state index in [1.165, 1.54) is 13.3 Å². The molecule has 0 unspecified atom stereocenters. The fourth-order valence-electron chi connectivity index (χ4n) is 3.34. The summed E-state index contributed by atoms with van der Waals surface area (Å²) < 4.78 is 17.7. The Morgan fingerprint density at radius 2 is 2.00 bits per heavy atom. The summed E-state index contributed by atoms with van der Waals surface area (Å²) in [6.07, 6.45) is -3.94. The number of hydrogen-bond donors (Lipinski definition) is 3. The highest BCUT2D eigenvalue weighted by molar-refractivity contribution is 5.80. The zero-order valence-electron chi connectivity index (χ0n) is 15.3. The fraction of sp³-hybridized carbons (Fsp3) is 0.389. The number of rotatable bonds is 5. The molecule has 3 heterocycles. The van der Waals surface area contributed by atoms with Gasteiger partial charge in [0, 0.05) is 23.7 Å². The average Bonchev–Trinajstić information content (AvgIpc) is 3.26. The first-order chi connectivity index (χ1) is 13.9. The summed E-state index contributed by atoms with van der Waals surface area (Å²) in [5.41, 5.74) is -0.549. The van der Waals surface area contributed by atoms with Crippen LogP contribution >= 0.6 is 0 Å². The molecule has 3 aromatic rings. The van der Waals surface area contributed by atoms with Crippen molar-refractivity contribution in [1.82, 2.24) is 14.3 Å². The van der Waals surface area contributed by atoms with Gasteiger partial charge in [-0.3, -0.25) is 13.9 Å². The van der Waals surface area contributed by atoms with Gasteiger partial charge in [0.15, 0.2) is 11.8 Å². The summed E-state index contributed by atoms with van der Waals surface area (Å²) in [5, 5.41) is 33.9. The van der Waals surface area contributed by atoms with Gasteiger partial charge in [0.1, 0.15) is 29.8 Å². The second-order valence-electron chi connectivity index (χ2n) is 6.65. The maximum atomic E-state index is 12.9. The first-order valence-electron chi connectivity index (χ1n) is 8.81. The number of nitrogens with zero attached hydrogens (tertiary/aromatic N) is 3. The van der Waals surface area contributed by atoms with Gasteiger partial charge < -0.3 is 29.3 Å². The van der Waals surface area contributed by atoms with Crippen LogP contribution in [0.4, 0.5) is 0 Å². The third-order valence-corrected chi connectivity index (χ3v) is 4.95. The van der Waals surface area contributed by atoms with E-state index in [0.717, 1.165) is 15.2 Å². The molecule has 0 amide bonds. The molecule has 0 aliphatic carbocycles. The molecule has 4 atom stereocenters. The molecule has 3 N–H and O–H groups in total. The molecule has 0 spiro atoms. The van der Waals surface area contributed by atoms with E-state index >= 15 is 0 Å². The van der Waals surface area contributed by atoms with Crippen molar-refractivity contribution in [3.8, 4) is 5.75 Å². The van der Waals surface area contributed by atoms with E-state index in [4.69, 9.17) is 14.0 Å². The van der Waals surface area contributed by atoms with E-state index in [-0.39, 0.29) is 6.54 Å². The number of benzene rings is 1. The third-order valence-electron chi connectivity index (χ3n) is 4.95. The molecule has 4 rings (SSSR count). The summed E-state index contributed by atoms with van der Waals surface area (Å²) in [6, 6.07) is 6.19. The van der Waals surface area contributed by atoms with E-state index in [2.05, 4.69) is 5.16 Å². The largest absolute Gasteiger partial charge is 0.497 e. The number of aromatic nitrogens is 3. The van der Waals surface area contributed by atoms with Gasteiger partial charge in [-0.05, 0) is 12.1 Å². The monoisotopic (exact) mass is 405 g/mol. The Labute approximate surface area is 162 Å². The van der Waals surface area contributed by atoms with Crippen LogP contribution in [0.3, 0.4) is 0 Å². The fourth-order valence-corrected chi connectivity index (χ4v) is 3.34. The molecule has 1 aromatic carbocycles. The van der Waals surface area contributed by atoms with E-state index < -0.39 is 42.4 Å². The lowest BCUT2D eigenvalue weighted by Crippen LogP contribution is -2.43. The van der Waals surface area contributed by atoms with Gasteiger partial charge in [0.2, 0.25) is 0 Å². The minimum atomic E-state index is -1.45. The second-order valence-corrected chi connectivity index (χ2v) is 6.65. The number of fused-ring (bicyclic) bond motifs is 1. The Kier molecular flexibility index (Phi) is 4.96. The predicted octanol–water partition coefficient (Wildman–Crippen LogP) is -1.18. The summed E-state index contributed by atoms with van der Waals surface area (Å²) in [7, 11) is 1.52. The molecule has 1 fully saturated rings. The molecule has 1 aliphatic heterocycles. The molecule has 11 nitrogen and oxygen atoms in total. The first-order valence-corrected chi connectivity index (χ1v) is 8.81. The third kappa shape index (κ3) is 3.23. The molecule has 11 heteroatoms. The SMILES string of the molecule is COc1ccc2c(Cn3c(=O)ccn([C@@H]4O[C@H](CO)[C@H](O)[C@@H]4O)c3=O)noc2c1. The van der Waals surface area contributed by atoms with Crippen LogP contribution in [-0.4, -0.2) is 61.6 Å². The van der Waals surface area contributed by atoms with Gasteiger partial charge in [-0.25, -0.2) is 4.79 Å². The van der Waals surface area contributed by atoms with Crippen LogP contribution in [0.25, 0.3) is 11.0 Å². The zero-order chi connectivity index (χ0) is 20.7. The zero-order valence-corrected chi connectivity index (χ0v) is 15.3. The Hall–Kier alpha value is -2.99. The molecule has 0 bridgehead atoms. The predicted molar refractivity (Wildman–Crippen MR) is 97.6 cm³/mol. The van der Waals surface area contributed by atoms with Crippen molar-refractivity contribution in [2.75, 3.05) is 13.7 Å². The van der Waals surface area contributed by atoms with Crippen LogP contribution in [-0.2, 0) is 11.3 Å². The van der Waals surface area contributed by atoms with Crippen molar-refractivity contribution < 1.29 is 29.3 Å². The highest BCUT2D eigenvalue weighted by atomic mass is 16.6. The number of methoxy groups -OCH3 is 1. The standard InChI is InChI=1S/C18H19N3O8/c1-27-9-2-3-10-11(19-29-12(10)6-9)7-21-14(23)4-5-20(18(21)26)17-16(25)15(24)13(8-22)28-17/h2-6,13,15-17,22,24-25H,7-8H2,1H3/t13-,15+,16+,17-/m1/s1. The molecule has 1 aliphatic rings. The Bertz CT molecular complexity index is 1150. The van der Waals surface area contributed by atoms with E-state index in [0.29, 0.717) is 22.4 Å². The molecule has 29 heavy (non-hydrogen) atoms. The maximum absolute atomic E-state index is 12.9. The van der Waals surface area contributed by atoms with Gasteiger partial charge in [-0.2, -0.15) is 0 Å². The van der Waals surface area contributed by atoms with Crippen LogP contribution in [0.1, 0.15) is 11.9 Å². The number of aliphatic hydroxyl groups excluding tert-OH is 3. The summed E-state index contributed by atoms with van der Waals surface area (Å²) in [4.78, 5) is 25.2. The number of hydrogen-bond acceptors (Lipinski definition) is 9. The smallest absolute Gasteiger partial charge is 0.333 e. The Balaban J connectivity index is 1.72. The van der Waals surface area contributed by atoms with Crippen molar-refractivity contribution in [3.05, 3.63) is 57.0 Å². The maximum Gasteiger partial charge on any atom is 0.333 e. The lowest BCUT2D eigenvalue weighted by molar-refractivity contribution is -0.0555. The number of ether oxygens (including phenoxy) is 2. The first kappa shape index (κ1) is 19.3. The van der Waals surface area contributed by atoms with Gasteiger partial charge in [-0.15, -0.1) is 0 Å². The minimum Gasteiger partial charge on any atom is -0.497 e. The van der Waals surface area contributed by atoms with Crippen LogP contribution in [0.5, 0.6) is 5.75 Å². The van der Waals surface area contributed by atoms with E-state index in [1.54, 1.807) is 18.2 Å². The van der Waals surface area contributed by atoms with Gasteiger partial charge in [0.25, 0.3) is 5.56 Å². The van der Waals surface area contributed by atoms with Crippen molar-refractivity contribution in [1.29, 1.82) is 0 Å². The van der Waals surface area contributed by atoms with E-state index in [9.17, 15) is 24.9 Å². The molecule has 154 valence electrons. The second kappa shape index (κ2) is 7.44. The van der Waals surface area contributed by atoms with Gasteiger partial charge in [-0.1, -0.05) is 5.16 Å². The van der Waals surface area contributed by atoms with Crippen molar-refractivity contribution in [3.63, 3.8) is 0 Å². The van der Waals surface area contributed by atoms with Crippen molar-refractivity contribution >= 4 is 11.0 Å². The van der Waals surface area contributed by atoms with Gasteiger partial charge >= 0.3 is 5.69 Å². The van der Waals surface area contributed by atoms with Crippen molar-refractivity contribution in [2.24, 2.45) is 0 Å². The average molecular weight is 405 g/mol. The molecular weight excluding hydrogens is 386 g/mol. The summed E-state index contributed by atoms with van der Waals surface area (Å²) in [5.74, 6) is 0.573. The minimum absolute atomic E-state index is 0.174. The van der Waals surface area contributed by atoms with Crippen LogP contribution in [0.2, 0.25) is 0 Å². The molecular formula is C18H19N3O8. The lowest BCUT2D eigenvalue weighted by Gasteiger charge is -2.18. The Morgan fingerprint density at radius 3 is 2.69 bits per heavy atom. The van der Waals surface area contributed by atoms with Crippen molar-refractivity contribution in [2.45, 2.75) is 31.1 Å². The lowest BCUT2D eigenvalue weighted by atomic mass is 10.1. The normalized spacial score (nSPS) is 24.3. The Morgan fingerprint density at radius 1 is 1.21 bits per heavy atom. The topological polar surface area (TPSA) is 149 Å². The van der Waals surface area contributed by atoms with Crippen LogP contribution < -0.4 is 16.0 Å². The molecule has 1 saturated heterocycles. The molecule has 0 saturated carbocycles. The number of aliphatic hydroxyl groups is 3. The molecule has 0 radical (unpaired) electrons. The van der Waals surface area contributed by atoms with Crippen LogP contribution in [0.15, 0.2) is 44.6 Å². The summed E-state index contributed by atoms with van der Waals surface area (Å²) in [6.45, 7) is -0.704. The van der Waals surface area contributed by atoms with E-state index in [1.807, 2.05) is 0 Å². The molecule has 2 aromatic heterocycles. The quantitative estimate of drug-likeness (QED) is 0.477.